The molecule has 2 aromatic rings. The van der Waals surface area contributed by atoms with Gasteiger partial charge in [-0.3, -0.25) is 4.79 Å². The molecule has 2 rings (SSSR count). The zero-order valence-electron chi connectivity index (χ0n) is 9.82. The van der Waals surface area contributed by atoms with Gasteiger partial charge in [-0.25, -0.2) is 9.37 Å². The quantitative estimate of drug-likeness (QED) is 0.861. The van der Waals surface area contributed by atoms with Gasteiger partial charge in [0.25, 0.3) is 5.91 Å². The molecule has 0 spiro atoms. The van der Waals surface area contributed by atoms with Crippen molar-refractivity contribution >= 4 is 34.8 Å². The Labute approximate surface area is 123 Å². The molecule has 1 heterocycles. The van der Waals surface area contributed by atoms with E-state index in [1.807, 2.05) is 6.07 Å². The molecule has 1 N–H and O–H groups in total. The van der Waals surface area contributed by atoms with Crippen LogP contribution in [0.25, 0.3) is 0 Å². The molecule has 4 nitrogen and oxygen atoms in total. The summed E-state index contributed by atoms with van der Waals surface area (Å²) in [4.78, 5) is 15.5. The Balaban J connectivity index is 2.28. The fourth-order valence-corrected chi connectivity index (χ4v) is 1.82. The first-order valence-corrected chi connectivity index (χ1v) is 6.09. The molecular weight excluding hydrogens is 304 g/mol. The number of anilines is 1. The number of halogens is 3. The predicted molar refractivity (Wildman–Crippen MR) is 73.3 cm³/mol. The van der Waals surface area contributed by atoms with Gasteiger partial charge in [-0.2, -0.15) is 5.26 Å². The molecule has 7 heteroatoms. The van der Waals surface area contributed by atoms with E-state index in [1.54, 1.807) is 0 Å². The minimum absolute atomic E-state index is 0.0971. The van der Waals surface area contributed by atoms with Gasteiger partial charge < -0.3 is 5.32 Å². The zero-order chi connectivity index (χ0) is 14.7. The lowest BCUT2D eigenvalue weighted by atomic mass is 10.2. The van der Waals surface area contributed by atoms with Crippen LogP contribution in [0.5, 0.6) is 0 Å². The highest BCUT2D eigenvalue weighted by Gasteiger charge is 2.13. The second-order valence-electron chi connectivity index (χ2n) is 3.75. The number of hydrogen-bond acceptors (Lipinski definition) is 3. The number of hydrogen-bond donors (Lipinski definition) is 1. The van der Waals surface area contributed by atoms with Gasteiger partial charge in [0.15, 0.2) is 0 Å². The van der Waals surface area contributed by atoms with E-state index in [2.05, 4.69) is 10.3 Å². The Morgan fingerprint density at radius 3 is 2.80 bits per heavy atom. The maximum Gasteiger partial charge on any atom is 0.258 e. The van der Waals surface area contributed by atoms with Crippen molar-refractivity contribution in [3.05, 3.63) is 57.6 Å². The van der Waals surface area contributed by atoms with Crippen molar-refractivity contribution in [2.24, 2.45) is 0 Å². The normalized spacial score (nSPS) is 9.90. The largest absolute Gasteiger partial charge is 0.322 e. The average Bonchev–Trinajstić information content (AvgIpc) is 2.43. The van der Waals surface area contributed by atoms with E-state index in [9.17, 15) is 9.18 Å². The molecule has 0 fully saturated rings. The Bertz CT molecular complexity index is 728. The molecule has 0 aliphatic heterocycles. The van der Waals surface area contributed by atoms with Gasteiger partial charge in [0.05, 0.1) is 22.3 Å². The Kier molecular flexibility index (Phi) is 4.18. The molecule has 0 unspecified atom stereocenters. The number of nitrogens with zero attached hydrogens (tertiary/aromatic N) is 2. The summed E-state index contributed by atoms with van der Waals surface area (Å²) in [5, 5.41) is 11.5. The molecule has 0 aliphatic carbocycles. The van der Waals surface area contributed by atoms with E-state index in [-0.39, 0.29) is 21.3 Å². The van der Waals surface area contributed by atoms with Crippen LogP contribution in [-0.4, -0.2) is 10.9 Å². The molecule has 0 bridgehead atoms. The lowest BCUT2D eigenvalue weighted by Crippen LogP contribution is -2.13. The summed E-state index contributed by atoms with van der Waals surface area (Å²) < 4.78 is 13.1. The van der Waals surface area contributed by atoms with E-state index < -0.39 is 11.7 Å². The van der Waals surface area contributed by atoms with Crippen molar-refractivity contribution in [1.29, 1.82) is 5.26 Å². The fourth-order valence-electron chi connectivity index (χ4n) is 1.47. The van der Waals surface area contributed by atoms with Crippen LogP contribution in [0.3, 0.4) is 0 Å². The van der Waals surface area contributed by atoms with E-state index in [1.165, 1.54) is 18.2 Å². The molecule has 1 aromatic carbocycles. The first-order valence-electron chi connectivity index (χ1n) is 5.33. The fraction of sp³-hybridized carbons (Fsp3) is 0. The topological polar surface area (TPSA) is 65.8 Å². The lowest BCUT2D eigenvalue weighted by molar-refractivity contribution is 0.102. The smallest absolute Gasteiger partial charge is 0.258 e. The number of aromatic nitrogens is 1. The minimum atomic E-state index is -0.673. The maximum atomic E-state index is 13.1. The van der Waals surface area contributed by atoms with Crippen molar-refractivity contribution < 1.29 is 9.18 Å². The number of amides is 1. The summed E-state index contributed by atoms with van der Waals surface area (Å²) in [6.45, 7) is 0. The number of benzene rings is 1. The highest BCUT2D eigenvalue weighted by Crippen LogP contribution is 2.21. The third-order valence-electron chi connectivity index (χ3n) is 2.40. The van der Waals surface area contributed by atoms with E-state index in [0.29, 0.717) is 5.69 Å². The number of rotatable bonds is 2. The molecule has 1 amide bonds. The van der Waals surface area contributed by atoms with Crippen molar-refractivity contribution in [2.75, 3.05) is 5.32 Å². The van der Waals surface area contributed by atoms with Gasteiger partial charge in [-0.05, 0) is 24.3 Å². The molecule has 0 saturated carbocycles. The van der Waals surface area contributed by atoms with E-state index in [4.69, 9.17) is 28.5 Å². The van der Waals surface area contributed by atoms with E-state index >= 15 is 0 Å². The first kappa shape index (κ1) is 14.3. The monoisotopic (exact) mass is 309 g/mol. The van der Waals surface area contributed by atoms with Gasteiger partial charge in [-0.15, -0.1) is 0 Å². The second kappa shape index (κ2) is 5.87. The molecule has 0 atom stereocenters. The van der Waals surface area contributed by atoms with Crippen molar-refractivity contribution in [1.82, 2.24) is 4.98 Å². The third-order valence-corrected chi connectivity index (χ3v) is 3.03. The minimum Gasteiger partial charge on any atom is -0.322 e. The van der Waals surface area contributed by atoms with Crippen LogP contribution in [0.15, 0.2) is 30.5 Å². The summed E-state index contributed by atoms with van der Waals surface area (Å²) in [5.41, 5.74) is 0.462. The molecule has 20 heavy (non-hydrogen) atoms. The highest BCUT2D eigenvalue weighted by molar-refractivity contribution is 6.33. The van der Waals surface area contributed by atoms with Crippen LogP contribution in [0.4, 0.5) is 10.1 Å². The van der Waals surface area contributed by atoms with Gasteiger partial charge in [0, 0.05) is 5.69 Å². The van der Waals surface area contributed by atoms with Crippen LogP contribution in [0.1, 0.15) is 15.9 Å². The van der Waals surface area contributed by atoms with Gasteiger partial charge in [0.1, 0.15) is 17.0 Å². The molecule has 0 aliphatic rings. The SMILES string of the molecule is N#Cc1cc(NC(=O)c2cc(F)cnc2Cl)ccc1Cl. The Morgan fingerprint density at radius 2 is 2.10 bits per heavy atom. The van der Waals surface area contributed by atoms with Gasteiger partial charge in [0.2, 0.25) is 0 Å². The maximum absolute atomic E-state index is 13.1. The number of carbonyl (C=O) groups is 1. The Hall–Kier alpha value is -2.16. The highest BCUT2D eigenvalue weighted by atomic mass is 35.5. The van der Waals surface area contributed by atoms with Crippen LogP contribution >= 0.6 is 23.2 Å². The van der Waals surface area contributed by atoms with Crippen LogP contribution in [0, 0.1) is 17.1 Å². The van der Waals surface area contributed by atoms with Crippen molar-refractivity contribution in [2.45, 2.75) is 0 Å². The third kappa shape index (κ3) is 3.05. The number of nitrogens with one attached hydrogen (secondary N) is 1. The summed E-state index contributed by atoms with van der Waals surface area (Å²) in [6, 6.07) is 7.26. The van der Waals surface area contributed by atoms with Crippen LogP contribution in [0.2, 0.25) is 10.2 Å². The summed E-state index contributed by atoms with van der Waals surface area (Å²) in [5.74, 6) is -1.30. The predicted octanol–water partition coefficient (Wildman–Crippen LogP) is 3.65. The Morgan fingerprint density at radius 1 is 1.35 bits per heavy atom. The molecule has 1 aromatic heterocycles. The lowest BCUT2D eigenvalue weighted by Gasteiger charge is -2.07. The molecular formula is C13H6Cl2FN3O. The van der Waals surface area contributed by atoms with Crippen LogP contribution in [-0.2, 0) is 0 Å². The number of carbonyl (C=O) groups excluding carboxylic acids is 1. The standard InChI is InChI=1S/C13H6Cl2FN3O/c14-11-2-1-9(3-7(11)5-17)19-13(20)10-4-8(16)6-18-12(10)15/h1-4,6H,(H,19,20). The molecule has 0 saturated heterocycles. The summed E-state index contributed by atoms with van der Waals surface area (Å²) in [6.07, 6.45) is 0.912. The first-order chi connectivity index (χ1) is 9.51. The summed E-state index contributed by atoms with van der Waals surface area (Å²) in [7, 11) is 0. The number of pyridine rings is 1. The summed E-state index contributed by atoms with van der Waals surface area (Å²) >= 11 is 11.5. The van der Waals surface area contributed by atoms with Crippen molar-refractivity contribution in [3.63, 3.8) is 0 Å². The van der Waals surface area contributed by atoms with Gasteiger partial charge in [-0.1, -0.05) is 23.2 Å². The van der Waals surface area contributed by atoms with E-state index in [0.717, 1.165) is 12.3 Å². The second-order valence-corrected chi connectivity index (χ2v) is 4.52. The van der Waals surface area contributed by atoms with Crippen LogP contribution < -0.4 is 5.32 Å². The van der Waals surface area contributed by atoms with Gasteiger partial charge >= 0.3 is 0 Å². The molecule has 0 radical (unpaired) electrons. The zero-order valence-corrected chi connectivity index (χ0v) is 11.3. The molecule has 100 valence electrons. The number of nitriles is 1. The van der Waals surface area contributed by atoms with Crippen molar-refractivity contribution in [3.8, 4) is 6.07 Å². The average molecular weight is 310 g/mol.